The van der Waals surface area contributed by atoms with Gasteiger partial charge < -0.3 is 11.1 Å². The predicted octanol–water partition coefficient (Wildman–Crippen LogP) is 2.15. The molecule has 100 valence electrons. The lowest BCUT2D eigenvalue weighted by Crippen LogP contribution is -2.40. The molecule has 0 heterocycles. The van der Waals surface area contributed by atoms with E-state index in [1.165, 1.54) is 6.07 Å². The van der Waals surface area contributed by atoms with Crippen molar-refractivity contribution in [1.29, 1.82) is 5.26 Å². The van der Waals surface area contributed by atoms with E-state index in [1.807, 2.05) is 6.07 Å². The zero-order valence-electron chi connectivity index (χ0n) is 10.5. The Morgan fingerprint density at radius 3 is 2.84 bits per heavy atom. The lowest BCUT2D eigenvalue weighted by molar-refractivity contribution is -0.122. The first-order chi connectivity index (χ1) is 9.13. The molecule has 1 amide bonds. The fourth-order valence-corrected chi connectivity index (χ4v) is 2.60. The largest absolute Gasteiger partial charge is 0.380 e. The number of hydrogen-bond acceptors (Lipinski definition) is 3. The van der Waals surface area contributed by atoms with Crippen LogP contribution < -0.4 is 11.1 Å². The number of nitriles is 1. The quantitative estimate of drug-likeness (QED) is 0.875. The molecule has 1 aromatic rings. The van der Waals surface area contributed by atoms with Gasteiger partial charge in [0.2, 0.25) is 5.91 Å². The van der Waals surface area contributed by atoms with Crippen molar-refractivity contribution in [2.75, 3.05) is 5.32 Å². The van der Waals surface area contributed by atoms with Gasteiger partial charge >= 0.3 is 0 Å². The minimum atomic E-state index is -0.557. The molecule has 1 aliphatic carbocycles. The third-order valence-electron chi connectivity index (χ3n) is 3.60. The van der Waals surface area contributed by atoms with Crippen molar-refractivity contribution in [3.63, 3.8) is 0 Å². The second-order valence-corrected chi connectivity index (χ2v) is 4.82. The van der Waals surface area contributed by atoms with Crippen LogP contribution in [0.5, 0.6) is 0 Å². The highest BCUT2D eigenvalue weighted by molar-refractivity contribution is 5.78. The van der Waals surface area contributed by atoms with Crippen LogP contribution in [-0.2, 0) is 4.79 Å². The van der Waals surface area contributed by atoms with Crippen molar-refractivity contribution in [2.24, 2.45) is 11.7 Å². The van der Waals surface area contributed by atoms with Crippen LogP contribution in [0.15, 0.2) is 18.2 Å². The molecule has 19 heavy (non-hydrogen) atoms. The number of benzene rings is 1. The number of carbonyl (C=O) groups excluding carboxylic acids is 1. The molecular weight excluding hydrogens is 245 g/mol. The number of carbonyl (C=O) groups is 1. The standard InChI is InChI=1S/C14H16FN3O/c15-11-5-3-7-13(10(11)8-16)18-12-6-2-1-4-9(12)14(17)19/h3,5,7,9,12,18H,1-2,4,6H2,(H2,17,19). The molecule has 5 heteroatoms. The van der Waals surface area contributed by atoms with Gasteiger partial charge in [-0.1, -0.05) is 18.9 Å². The number of nitrogens with one attached hydrogen (secondary N) is 1. The van der Waals surface area contributed by atoms with Gasteiger partial charge in [-0.05, 0) is 25.0 Å². The number of nitrogens with zero attached hydrogens (tertiary/aromatic N) is 1. The van der Waals surface area contributed by atoms with Gasteiger partial charge in [0, 0.05) is 6.04 Å². The predicted molar refractivity (Wildman–Crippen MR) is 69.7 cm³/mol. The van der Waals surface area contributed by atoms with Gasteiger partial charge in [-0.3, -0.25) is 4.79 Å². The Hall–Kier alpha value is -2.09. The first kappa shape index (κ1) is 13.3. The van der Waals surface area contributed by atoms with Crippen molar-refractivity contribution in [2.45, 2.75) is 31.7 Å². The number of rotatable bonds is 3. The van der Waals surface area contributed by atoms with E-state index >= 15 is 0 Å². The van der Waals surface area contributed by atoms with E-state index in [-0.39, 0.29) is 23.4 Å². The fraction of sp³-hybridized carbons (Fsp3) is 0.429. The van der Waals surface area contributed by atoms with Gasteiger partial charge in [-0.25, -0.2) is 4.39 Å². The van der Waals surface area contributed by atoms with Crippen LogP contribution in [0.1, 0.15) is 31.2 Å². The van der Waals surface area contributed by atoms with Crippen molar-refractivity contribution in [1.82, 2.24) is 0 Å². The topological polar surface area (TPSA) is 78.9 Å². The van der Waals surface area contributed by atoms with Crippen molar-refractivity contribution >= 4 is 11.6 Å². The lowest BCUT2D eigenvalue weighted by atomic mass is 9.84. The Kier molecular flexibility index (Phi) is 4.00. The summed E-state index contributed by atoms with van der Waals surface area (Å²) in [6.45, 7) is 0. The average Bonchev–Trinajstić information content (AvgIpc) is 2.39. The Labute approximate surface area is 111 Å². The molecule has 1 saturated carbocycles. The van der Waals surface area contributed by atoms with E-state index in [0.717, 1.165) is 25.7 Å². The fourth-order valence-electron chi connectivity index (χ4n) is 2.60. The molecule has 0 saturated heterocycles. The number of primary amides is 1. The third-order valence-corrected chi connectivity index (χ3v) is 3.60. The summed E-state index contributed by atoms with van der Waals surface area (Å²) >= 11 is 0. The monoisotopic (exact) mass is 261 g/mol. The number of halogens is 1. The molecule has 0 bridgehead atoms. The molecule has 0 aromatic heterocycles. The molecule has 0 spiro atoms. The molecule has 2 unspecified atom stereocenters. The maximum Gasteiger partial charge on any atom is 0.222 e. The van der Waals surface area contributed by atoms with E-state index in [2.05, 4.69) is 5.32 Å². The summed E-state index contributed by atoms with van der Waals surface area (Å²) in [5.74, 6) is -1.16. The van der Waals surface area contributed by atoms with Crippen molar-refractivity contribution in [3.05, 3.63) is 29.6 Å². The lowest BCUT2D eigenvalue weighted by Gasteiger charge is -2.31. The molecule has 3 N–H and O–H groups in total. The maximum absolute atomic E-state index is 13.5. The Morgan fingerprint density at radius 2 is 2.16 bits per heavy atom. The number of hydrogen-bond donors (Lipinski definition) is 2. The van der Waals surface area contributed by atoms with Gasteiger partial charge in [0.15, 0.2) is 0 Å². The molecule has 2 atom stereocenters. The molecule has 1 aromatic carbocycles. The molecule has 0 aliphatic heterocycles. The highest BCUT2D eigenvalue weighted by atomic mass is 19.1. The first-order valence-corrected chi connectivity index (χ1v) is 6.38. The third kappa shape index (κ3) is 2.84. The minimum absolute atomic E-state index is 0.0173. The normalized spacial score (nSPS) is 22.5. The zero-order valence-corrected chi connectivity index (χ0v) is 10.5. The first-order valence-electron chi connectivity index (χ1n) is 6.38. The van der Waals surface area contributed by atoms with Gasteiger partial charge in [0.25, 0.3) is 0 Å². The van der Waals surface area contributed by atoms with Gasteiger partial charge in [-0.15, -0.1) is 0 Å². The highest BCUT2D eigenvalue weighted by Gasteiger charge is 2.29. The molecule has 4 nitrogen and oxygen atoms in total. The Balaban J connectivity index is 2.22. The second kappa shape index (κ2) is 5.70. The van der Waals surface area contributed by atoms with Crippen LogP contribution in [-0.4, -0.2) is 11.9 Å². The van der Waals surface area contributed by atoms with Crippen molar-refractivity contribution in [3.8, 4) is 6.07 Å². The SMILES string of the molecule is N#Cc1c(F)cccc1NC1CCCCC1C(N)=O. The number of amides is 1. The Bertz CT molecular complexity index is 524. The summed E-state index contributed by atoms with van der Waals surface area (Å²) < 4.78 is 13.5. The van der Waals surface area contributed by atoms with E-state index in [4.69, 9.17) is 11.0 Å². The summed E-state index contributed by atoms with van der Waals surface area (Å²) in [5.41, 5.74) is 5.81. The van der Waals surface area contributed by atoms with E-state index < -0.39 is 5.82 Å². The zero-order chi connectivity index (χ0) is 13.8. The summed E-state index contributed by atoms with van der Waals surface area (Å²) in [6.07, 6.45) is 3.51. The minimum Gasteiger partial charge on any atom is -0.380 e. The highest BCUT2D eigenvalue weighted by Crippen LogP contribution is 2.28. The summed E-state index contributed by atoms with van der Waals surface area (Å²) in [4.78, 5) is 11.4. The second-order valence-electron chi connectivity index (χ2n) is 4.82. The molecular formula is C14H16FN3O. The molecule has 1 aliphatic rings. The van der Waals surface area contributed by atoms with Crippen LogP contribution in [0, 0.1) is 23.1 Å². The number of anilines is 1. The van der Waals surface area contributed by atoms with Gasteiger partial charge in [-0.2, -0.15) is 5.26 Å². The molecule has 2 rings (SSSR count). The average molecular weight is 261 g/mol. The number of nitrogens with two attached hydrogens (primary N) is 1. The van der Waals surface area contributed by atoms with Crippen LogP contribution in [0.3, 0.4) is 0 Å². The smallest absolute Gasteiger partial charge is 0.222 e. The van der Waals surface area contributed by atoms with Crippen LogP contribution in [0.2, 0.25) is 0 Å². The summed E-state index contributed by atoms with van der Waals surface area (Å²) in [7, 11) is 0. The summed E-state index contributed by atoms with van der Waals surface area (Å²) in [5, 5.41) is 12.1. The van der Waals surface area contributed by atoms with E-state index in [1.54, 1.807) is 12.1 Å². The van der Waals surface area contributed by atoms with E-state index in [0.29, 0.717) is 5.69 Å². The van der Waals surface area contributed by atoms with E-state index in [9.17, 15) is 9.18 Å². The Morgan fingerprint density at radius 1 is 1.42 bits per heavy atom. The van der Waals surface area contributed by atoms with Gasteiger partial charge in [0.05, 0.1) is 11.6 Å². The maximum atomic E-state index is 13.5. The molecule has 0 radical (unpaired) electrons. The van der Waals surface area contributed by atoms with Crippen molar-refractivity contribution < 1.29 is 9.18 Å². The van der Waals surface area contributed by atoms with Crippen LogP contribution in [0.4, 0.5) is 10.1 Å². The summed E-state index contributed by atoms with van der Waals surface area (Å²) in [6, 6.07) is 6.15. The van der Waals surface area contributed by atoms with Crippen LogP contribution >= 0.6 is 0 Å². The van der Waals surface area contributed by atoms with Gasteiger partial charge in [0.1, 0.15) is 17.4 Å². The van der Waals surface area contributed by atoms with Crippen LogP contribution in [0.25, 0.3) is 0 Å². The molecule has 1 fully saturated rings.